The van der Waals surface area contributed by atoms with Gasteiger partial charge in [0.25, 0.3) is 0 Å². The molecule has 3 heterocycles. The van der Waals surface area contributed by atoms with Gasteiger partial charge in [0.2, 0.25) is 5.28 Å². The Labute approximate surface area is 213 Å². The van der Waals surface area contributed by atoms with Gasteiger partial charge in [-0.15, -0.1) is 5.10 Å². The van der Waals surface area contributed by atoms with Gasteiger partial charge in [-0.05, 0) is 24.6 Å². The van der Waals surface area contributed by atoms with Crippen LogP contribution in [0.1, 0.15) is 30.3 Å². The number of hydrogen-bond acceptors (Lipinski definition) is 10. The van der Waals surface area contributed by atoms with E-state index in [0.717, 1.165) is 0 Å². The number of anilines is 1. The Morgan fingerprint density at radius 3 is 2.62 bits per heavy atom. The van der Waals surface area contributed by atoms with Crippen LogP contribution in [0.15, 0.2) is 30.5 Å². The van der Waals surface area contributed by atoms with Gasteiger partial charge in [-0.3, -0.25) is 9.13 Å². The number of aliphatic hydroxyl groups excluding tert-OH is 2. The lowest BCUT2D eigenvalue weighted by atomic mass is 10.1. The summed E-state index contributed by atoms with van der Waals surface area (Å²) in [7, 11) is -9.57. The van der Waals surface area contributed by atoms with E-state index in [4.69, 9.17) is 30.6 Å². The van der Waals surface area contributed by atoms with Gasteiger partial charge in [0.15, 0.2) is 17.4 Å². The first-order valence-corrected chi connectivity index (χ1v) is 14.6. The molecule has 18 heteroatoms. The van der Waals surface area contributed by atoms with Crippen molar-refractivity contribution in [2.75, 3.05) is 17.8 Å². The summed E-state index contributed by atoms with van der Waals surface area (Å²) in [6.07, 6.45) is -4.45. The predicted octanol–water partition coefficient (Wildman–Crippen LogP) is 1.59. The molecule has 4 rings (SSSR count). The van der Waals surface area contributed by atoms with Gasteiger partial charge in [-0.1, -0.05) is 18.2 Å². The molecule has 37 heavy (non-hydrogen) atoms. The largest absolute Gasteiger partial charge is 0.387 e. The third kappa shape index (κ3) is 6.35. The summed E-state index contributed by atoms with van der Waals surface area (Å²) in [6, 6.07) is 5.61. The zero-order valence-corrected chi connectivity index (χ0v) is 21.5. The van der Waals surface area contributed by atoms with E-state index in [9.17, 15) is 28.6 Å². The van der Waals surface area contributed by atoms with Crippen LogP contribution in [0.2, 0.25) is 5.28 Å². The third-order valence-electron chi connectivity index (χ3n) is 5.55. The van der Waals surface area contributed by atoms with Crippen LogP contribution in [0.3, 0.4) is 0 Å². The minimum Gasteiger partial charge on any atom is -0.387 e. The number of aromatic nitrogens is 4. The highest BCUT2D eigenvalue weighted by Gasteiger charge is 2.46. The molecule has 1 saturated heterocycles. The summed E-state index contributed by atoms with van der Waals surface area (Å²) in [4.78, 5) is 35.8. The Morgan fingerprint density at radius 1 is 1.24 bits per heavy atom. The van der Waals surface area contributed by atoms with E-state index in [1.165, 1.54) is 16.8 Å². The van der Waals surface area contributed by atoms with E-state index < -0.39 is 64.0 Å². The van der Waals surface area contributed by atoms with Gasteiger partial charge in [-0.2, -0.15) is 4.98 Å². The summed E-state index contributed by atoms with van der Waals surface area (Å²) in [5.41, 5.74) is 0.647. The summed E-state index contributed by atoms with van der Waals surface area (Å²) in [5.74, 6) is -1.70. The van der Waals surface area contributed by atoms with Crippen LogP contribution in [0.5, 0.6) is 0 Å². The molecule has 0 radical (unpaired) electrons. The molecule has 3 aromatic rings. The number of nitrogens with one attached hydrogen (secondary N) is 1. The minimum atomic E-state index is -4.85. The molecule has 202 valence electrons. The van der Waals surface area contributed by atoms with Crippen molar-refractivity contribution in [3.05, 3.63) is 52.8 Å². The second-order valence-corrected chi connectivity index (χ2v) is 12.7. The van der Waals surface area contributed by atoms with E-state index in [1.807, 2.05) is 0 Å². The Kier molecular flexibility index (Phi) is 8.03. The van der Waals surface area contributed by atoms with Crippen LogP contribution in [0.4, 0.5) is 10.2 Å². The number of aliphatic hydroxyl groups is 2. The van der Waals surface area contributed by atoms with Gasteiger partial charge < -0.3 is 39.5 Å². The monoisotopic (exact) mass is 581 g/mol. The first kappa shape index (κ1) is 28.0. The number of halogens is 2. The van der Waals surface area contributed by atoms with Gasteiger partial charge in [0, 0.05) is 5.56 Å². The molecule has 0 bridgehead atoms. The molecule has 14 nitrogen and oxygen atoms in total. The van der Waals surface area contributed by atoms with Gasteiger partial charge in [0.05, 0.1) is 24.5 Å². The zero-order chi connectivity index (χ0) is 27.1. The first-order valence-electron chi connectivity index (χ1n) is 10.7. The summed E-state index contributed by atoms with van der Waals surface area (Å²) < 4.78 is 48.7. The molecule has 1 unspecified atom stereocenters. The number of hydrogen-bond donors (Lipinski definition) is 6. The van der Waals surface area contributed by atoms with E-state index in [-0.39, 0.29) is 22.4 Å². The van der Waals surface area contributed by atoms with Gasteiger partial charge >= 0.3 is 15.2 Å². The van der Waals surface area contributed by atoms with Crippen molar-refractivity contribution in [1.29, 1.82) is 0 Å². The molecule has 0 saturated carbocycles. The van der Waals surface area contributed by atoms with Crippen molar-refractivity contribution in [2.45, 2.75) is 37.4 Å². The topological polar surface area (TPSA) is 209 Å². The number of rotatable bonds is 9. The molecule has 6 N–H and O–H groups in total. The van der Waals surface area contributed by atoms with Crippen molar-refractivity contribution in [2.24, 2.45) is 0 Å². The third-order valence-corrected chi connectivity index (χ3v) is 9.16. The van der Waals surface area contributed by atoms with Gasteiger partial charge in [-0.25, -0.2) is 13.9 Å². The van der Waals surface area contributed by atoms with Crippen molar-refractivity contribution >= 4 is 38.3 Å². The maximum Gasteiger partial charge on any atom is 0.340 e. The second kappa shape index (κ2) is 10.6. The van der Waals surface area contributed by atoms with Crippen LogP contribution in [-0.4, -0.2) is 75.3 Å². The van der Waals surface area contributed by atoms with Crippen LogP contribution >= 0.6 is 26.8 Å². The highest BCUT2D eigenvalue weighted by molar-refractivity contribution is 7.70. The lowest BCUT2D eigenvalue weighted by Crippen LogP contribution is -2.33. The van der Waals surface area contributed by atoms with Crippen LogP contribution in [0.25, 0.3) is 5.65 Å². The number of fused-ring (bicyclic) bond motifs is 1. The Balaban J connectivity index is 1.56. The predicted molar refractivity (Wildman–Crippen MR) is 127 cm³/mol. The zero-order valence-electron chi connectivity index (χ0n) is 19.0. The quantitative estimate of drug-likeness (QED) is 0.199. The van der Waals surface area contributed by atoms with Gasteiger partial charge in [0.1, 0.15) is 30.2 Å². The molecule has 1 aliphatic rings. The van der Waals surface area contributed by atoms with Crippen molar-refractivity contribution in [3.63, 3.8) is 0 Å². The Bertz CT molecular complexity index is 1390. The molecule has 1 fully saturated rings. The van der Waals surface area contributed by atoms with E-state index in [1.54, 1.807) is 25.1 Å². The highest BCUT2D eigenvalue weighted by Crippen LogP contribution is 2.55. The lowest BCUT2D eigenvalue weighted by Gasteiger charge is -2.18. The average Bonchev–Trinajstić information content (AvgIpc) is 3.32. The van der Waals surface area contributed by atoms with E-state index >= 15 is 0 Å². The molecule has 6 atom stereocenters. The molecule has 1 aromatic carbocycles. The molecule has 0 amide bonds. The van der Waals surface area contributed by atoms with Crippen LogP contribution < -0.4 is 5.32 Å². The number of ether oxygens (including phenoxy) is 1. The Morgan fingerprint density at radius 2 is 1.95 bits per heavy atom. The molecule has 1 aliphatic heterocycles. The smallest absolute Gasteiger partial charge is 0.340 e. The van der Waals surface area contributed by atoms with Crippen molar-refractivity contribution in [3.8, 4) is 0 Å². The van der Waals surface area contributed by atoms with Crippen molar-refractivity contribution in [1.82, 2.24) is 19.6 Å². The first-order chi connectivity index (χ1) is 17.3. The standard InChI is InChI=1S/C19H23ClFN5O9P2/c1-9(10-4-2-3-5-11(10)21)23-17-18-22-6-12(26(18)25-19(20)24-17)16-15(28)14(27)13(35-16)7-34-37(32,33)8-36(29,30)31/h2-6,9,13-16,27-28H,7-8H2,1H3,(H,32,33)(H,23,24,25)(H2,29,30,31)/t9-,13+,14+,15+,16-/m0/s1. The lowest BCUT2D eigenvalue weighted by molar-refractivity contribution is -0.0204. The van der Waals surface area contributed by atoms with E-state index in [0.29, 0.717) is 5.56 Å². The number of imidazole rings is 1. The summed E-state index contributed by atoms with van der Waals surface area (Å²) in [6.45, 7) is 0.952. The fourth-order valence-corrected chi connectivity index (χ4v) is 6.60. The Hall–Kier alpha value is -2.03. The molecule has 0 spiro atoms. The average molecular weight is 582 g/mol. The molecule has 0 aliphatic carbocycles. The normalized spacial score (nSPS) is 24.8. The molecular weight excluding hydrogens is 559 g/mol. The maximum absolute atomic E-state index is 14.2. The van der Waals surface area contributed by atoms with Crippen LogP contribution in [0, 0.1) is 5.82 Å². The molecular formula is C19H23ClFN5O9P2. The fraction of sp³-hybridized carbons (Fsp3) is 0.421. The van der Waals surface area contributed by atoms with Crippen LogP contribution in [-0.2, 0) is 18.4 Å². The fourth-order valence-electron chi connectivity index (χ4n) is 3.87. The summed E-state index contributed by atoms with van der Waals surface area (Å²) >= 11 is 6.09. The maximum atomic E-state index is 14.2. The second-order valence-electron chi connectivity index (χ2n) is 8.35. The van der Waals surface area contributed by atoms with Crippen molar-refractivity contribution < 1.29 is 47.7 Å². The number of nitrogens with zero attached hydrogens (tertiary/aromatic N) is 4. The summed E-state index contributed by atoms with van der Waals surface area (Å²) in [5, 5.41) is 27.8. The minimum absolute atomic E-state index is 0.136. The highest BCUT2D eigenvalue weighted by atomic mass is 35.5. The van der Waals surface area contributed by atoms with E-state index in [2.05, 4.69) is 20.4 Å². The number of benzene rings is 1. The SMILES string of the molecule is C[C@H](Nc1nc(Cl)nn2c([C@@H]3O[C@H](COP(=O)(O)CP(=O)(O)O)[C@@H](O)[C@H]3O)cnc12)c1ccccc1F. The molecule has 2 aromatic heterocycles.